The largest absolute Gasteiger partial charge is 0.373 e. The lowest BCUT2D eigenvalue weighted by atomic mass is 10.1. The molecule has 1 aliphatic rings. The van der Waals surface area contributed by atoms with Crippen LogP contribution in [0.1, 0.15) is 25.7 Å². The van der Waals surface area contributed by atoms with Crippen LogP contribution in [0.5, 0.6) is 0 Å². The van der Waals surface area contributed by atoms with Gasteiger partial charge in [0.25, 0.3) is 0 Å². The summed E-state index contributed by atoms with van der Waals surface area (Å²) in [5.41, 5.74) is 6.11. The molecule has 1 aromatic carbocycles. The Labute approximate surface area is 129 Å². The zero-order valence-electron chi connectivity index (χ0n) is 11.8. The molecule has 0 bridgehead atoms. The monoisotopic (exact) mass is 309 g/mol. The SMILES string of the molecule is NC(=O)C(CC(=O)N1CCCCC1)Nc1ccc(Cl)cc1. The van der Waals surface area contributed by atoms with Gasteiger partial charge in [-0.05, 0) is 43.5 Å². The van der Waals surface area contributed by atoms with E-state index in [4.69, 9.17) is 17.3 Å². The van der Waals surface area contributed by atoms with Crippen LogP contribution in [0.3, 0.4) is 0 Å². The first-order valence-electron chi connectivity index (χ1n) is 7.15. The standard InChI is InChI=1S/C15H20ClN3O2/c16-11-4-6-12(7-5-11)18-13(15(17)21)10-14(20)19-8-2-1-3-9-19/h4-7,13,18H,1-3,8-10H2,(H2,17,21). The van der Waals surface area contributed by atoms with Crippen LogP contribution in [0, 0.1) is 0 Å². The second kappa shape index (κ2) is 7.31. The summed E-state index contributed by atoms with van der Waals surface area (Å²) in [6.45, 7) is 1.54. The van der Waals surface area contributed by atoms with E-state index in [0.717, 1.165) is 38.0 Å². The number of primary amides is 1. The van der Waals surface area contributed by atoms with Crippen molar-refractivity contribution in [3.8, 4) is 0 Å². The van der Waals surface area contributed by atoms with E-state index in [2.05, 4.69) is 5.32 Å². The predicted molar refractivity (Wildman–Crippen MR) is 83.1 cm³/mol. The molecule has 2 amide bonds. The molecule has 1 atom stereocenters. The van der Waals surface area contributed by atoms with Crippen LogP contribution >= 0.6 is 11.6 Å². The van der Waals surface area contributed by atoms with Crippen LogP contribution in [0.4, 0.5) is 5.69 Å². The molecule has 0 saturated carbocycles. The number of piperidine rings is 1. The molecular weight excluding hydrogens is 290 g/mol. The highest BCUT2D eigenvalue weighted by Gasteiger charge is 2.24. The molecule has 1 aromatic rings. The average Bonchev–Trinajstić information content (AvgIpc) is 2.49. The summed E-state index contributed by atoms with van der Waals surface area (Å²) in [6, 6.07) is 6.23. The van der Waals surface area contributed by atoms with E-state index in [9.17, 15) is 9.59 Å². The lowest BCUT2D eigenvalue weighted by molar-refractivity contribution is -0.134. The number of hydrogen-bond acceptors (Lipinski definition) is 3. The van der Waals surface area contributed by atoms with E-state index in [1.165, 1.54) is 0 Å². The number of anilines is 1. The number of likely N-dealkylation sites (tertiary alicyclic amines) is 1. The smallest absolute Gasteiger partial charge is 0.240 e. The molecule has 1 aliphatic heterocycles. The van der Waals surface area contributed by atoms with Crippen molar-refractivity contribution in [1.82, 2.24) is 4.90 Å². The topological polar surface area (TPSA) is 75.4 Å². The van der Waals surface area contributed by atoms with Gasteiger partial charge in [0.1, 0.15) is 6.04 Å². The average molecular weight is 310 g/mol. The van der Waals surface area contributed by atoms with Crippen LogP contribution < -0.4 is 11.1 Å². The molecule has 1 saturated heterocycles. The van der Waals surface area contributed by atoms with Crippen molar-refractivity contribution in [3.63, 3.8) is 0 Å². The van der Waals surface area contributed by atoms with E-state index in [1.807, 2.05) is 4.90 Å². The minimum atomic E-state index is -0.708. The van der Waals surface area contributed by atoms with Crippen LogP contribution in [0.2, 0.25) is 5.02 Å². The highest BCUT2D eigenvalue weighted by atomic mass is 35.5. The Bertz CT molecular complexity index is 498. The van der Waals surface area contributed by atoms with Gasteiger partial charge in [-0.2, -0.15) is 0 Å². The molecule has 0 spiro atoms. The molecule has 1 heterocycles. The van der Waals surface area contributed by atoms with Crippen molar-refractivity contribution < 1.29 is 9.59 Å². The third-order valence-electron chi connectivity index (χ3n) is 3.62. The van der Waals surface area contributed by atoms with Gasteiger partial charge in [0.2, 0.25) is 11.8 Å². The van der Waals surface area contributed by atoms with E-state index in [0.29, 0.717) is 5.02 Å². The maximum atomic E-state index is 12.2. The lowest BCUT2D eigenvalue weighted by Gasteiger charge is -2.28. The molecule has 6 heteroatoms. The molecule has 0 aliphatic carbocycles. The van der Waals surface area contributed by atoms with Crippen LogP contribution in [0.15, 0.2) is 24.3 Å². The number of nitrogens with one attached hydrogen (secondary N) is 1. The Morgan fingerprint density at radius 2 is 1.81 bits per heavy atom. The number of rotatable bonds is 5. The number of benzene rings is 1. The van der Waals surface area contributed by atoms with Gasteiger partial charge in [-0.15, -0.1) is 0 Å². The van der Waals surface area contributed by atoms with Crippen molar-refractivity contribution in [2.75, 3.05) is 18.4 Å². The number of halogens is 1. The van der Waals surface area contributed by atoms with E-state index in [1.54, 1.807) is 24.3 Å². The zero-order valence-corrected chi connectivity index (χ0v) is 12.6. The van der Waals surface area contributed by atoms with E-state index < -0.39 is 11.9 Å². The minimum Gasteiger partial charge on any atom is -0.373 e. The van der Waals surface area contributed by atoms with Gasteiger partial charge in [0.15, 0.2) is 0 Å². The number of hydrogen-bond donors (Lipinski definition) is 2. The Balaban J connectivity index is 1.96. The number of carbonyl (C=O) groups excluding carboxylic acids is 2. The molecular formula is C15H20ClN3O2. The number of amides is 2. The fourth-order valence-electron chi connectivity index (χ4n) is 2.42. The van der Waals surface area contributed by atoms with Gasteiger partial charge >= 0.3 is 0 Å². The molecule has 5 nitrogen and oxygen atoms in total. The van der Waals surface area contributed by atoms with Crippen LogP contribution in [-0.4, -0.2) is 35.8 Å². The Hall–Kier alpha value is -1.75. The third-order valence-corrected chi connectivity index (χ3v) is 3.87. The Morgan fingerprint density at radius 3 is 2.38 bits per heavy atom. The van der Waals surface area contributed by atoms with Crippen LogP contribution in [0.25, 0.3) is 0 Å². The normalized spacial score (nSPS) is 16.3. The molecule has 2 rings (SSSR count). The number of nitrogens with two attached hydrogens (primary N) is 1. The van der Waals surface area contributed by atoms with Crippen molar-refractivity contribution in [2.24, 2.45) is 5.73 Å². The molecule has 0 aromatic heterocycles. The number of carbonyl (C=O) groups is 2. The Morgan fingerprint density at radius 1 is 1.19 bits per heavy atom. The maximum absolute atomic E-state index is 12.2. The summed E-state index contributed by atoms with van der Waals surface area (Å²) in [5.74, 6) is -0.560. The van der Waals surface area contributed by atoms with E-state index in [-0.39, 0.29) is 12.3 Å². The summed E-state index contributed by atoms with van der Waals surface area (Å²) in [5, 5.41) is 3.61. The van der Waals surface area contributed by atoms with Crippen molar-refractivity contribution >= 4 is 29.1 Å². The molecule has 3 N–H and O–H groups in total. The van der Waals surface area contributed by atoms with Gasteiger partial charge in [0, 0.05) is 23.8 Å². The van der Waals surface area contributed by atoms with Crippen molar-refractivity contribution in [2.45, 2.75) is 31.7 Å². The lowest BCUT2D eigenvalue weighted by Crippen LogP contribution is -2.43. The minimum absolute atomic E-state index is 0.0278. The first-order valence-corrected chi connectivity index (χ1v) is 7.53. The first kappa shape index (κ1) is 15.6. The summed E-state index contributed by atoms with van der Waals surface area (Å²) < 4.78 is 0. The zero-order chi connectivity index (χ0) is 15.2. The second-order valence-corrected chi connectivity index (χ2v) is 5.69. The molecule has 0 radical (unpaired) electrons. The summed E-state index contributed by atoms with van der Waals surface area (Å²) in [4.78, 5) is 25.6. The molecule has 21 heavy (non-hydrogen) atoms. The van der Waals surface area contributed by atoms with Gasteiger partial charge in [-0.3, -0.25) is 9.59 Å². The third kappa shape index (κ3) is 4.63. The quantitative estimate of drug-likeness (QED) is 0.873. The van der Waals surface area contributed by atoms with Crippen molar-refractivity contribution in [3.05, 3.63) is 29.3 Å². The molecule has 114 valence electrons. The maximum Gasteiger partial charge on any atom is 0.240 e. The van der Waals surface area contributed by atoms with E-state index >= 15 is 0 Å². The summed E-state index contributed by atoms with van der Waals surface area (Å²) in [7, 11) is 0. The van der Waals surface area contributed by atoms with Gasteiger partial charge in [-0.1, -0.05) is 11.6 Å². The Kier molecular flexibility index (Phi) is 5.44. The number of nitrogens with zero attached hydrogens (tertiary/aromatic N) is 1. The fourth-order valence-corrected chi connectivity index (χ4v) is 2.54. The highest BCUT2D eigenvalue weighted by molar-refractivity contribution is 6.30. The predicted octanol–water partition coefficient (Wildman–Crippen LogP) is 2.01. The van der Waals surface area contributed by atoms with Gasteiger partial charge in [-0.25, -0.2) is 0 Å². The second-order valence-electron chi connectivity index (χ2n) is 5.25. The van der Waals surface area contributed by atoms with Gasteiger partial charge in [0.05, 0.1) is 6.42 Å². The summed E-state index contributed by atoms with van der Waals surface area (Å²) in [6.07, 6.45) is 3.29. The molecule has 1 fully saturated rings. The molecule has 1 unspecified atom stereocenters. The first-order chi connectivity index (χ1) is 10.1. The fraction of sp³-hybridized carbons (Fsp3) is 0.467. The van der Waals surface area contributed by atoms with Crippen molar-refractivity contribution in [1.29, 1.82) is 0 Å². The van der Waals surface area contributed by atoms with Crippen LogP contribution in [-0.2, 0) is 9.59 Å². The summed E-state index contributed by atoms with van der Waals surface area (Å²) >= 11 is 5.82. The van der Waals surface area contributed by atoms with Gasteiger partial charge < -0.3 is 16.0 Å². The highest BCUT2D eigenvalue weighted by Crippen LogP contribution is 2.16.